The summed E-state index contributed by atoms with van der Waals surface area (Å²) in [6, 6.07) is 1.91. The highest BCUT2D eigenvalue weighted by molar-refractivity contribution is 5.48. The van der Waals surface area contributed by atoms with Crippen LogP contribution in [0.4, 0.5) is 0 Å². The maximum absolute atomic E-state index is 5.39. The van der Waals surface area contributed by atoms with Gasteiger partial charge in [-0.25, -0.2) is 0 Å². The van der Waals surface area contributed by atoms with Crippen LogP contribution in [0, 0.1) is 6.92 Å². The van der Waals surface area contributed by atoms with Crippen LogP contribution in [-0.2, 0) is 13.5 Å². The standard InChI is InChI=1S/C9H13N5O/c1-6-5-7(12-14(6)2)9-11-8(3-4-10)15-13-9/h5H,3-4,10H2,1-2H3. The molecule has 2 aromatic heterocycles. The lowest BCUT2D eigenvalue weighted by Gasteiger charge is -1.88. The van der Waals surface area contributed by atoms with Gasteiger partial charge >= 0.3 is 0 Å². The molecule has 0 unspecified atom stereocenters. The molecule has 0 aliphatic rings. The largest absolute Gasteiger partial charge is 0.339 e. The van der Waals surface area contributed by atoms with Crippen molar-refractivity contribution < 1.29 is 4.52 Å². The Morgan fingerprint density at radius 2 is 2.33 bits per heavy atom. The summed E-state index contributed by atoms with van der Waals surface area (Å²) in [4.78, 5) is 4.19. The molecule has 6 heteroatoms. The van der Waals surface area contributed by atoms with E-state index in [4.69, 9.17) is 10.3 Å². The Hall–Kier alpha value is -1.69. The molecule has 0 spiro atoms. The lowest BCUT2D eigenvalue weighted by Crippen LogP contribution is -2.02. The SMILES string of the molecule is Cc1cc(-c2noc(CCN)n2)nn1C. The Morgan fingerprint density at radius 3 is 2.93 bits per heavy atom. The molecule has 0 fully saturated rings. The van der Waals surface area contributed by atoms with Crippen LogP contribution in [0.3, 0.4) is 0 Å². The van der Waals surface area contributed by atoms with E-state index in [1.54, 1.807) is 4.68 Å². The molecule has 0 saturated carbocycles. The van der Waals surface area contributed by atoms with Crippen LogP contribution >= 0.6 is 0 Å². The number of hydrogen-bond donors (Lipinski definition) is 1. The molecule has 2 N–H and O–H groups in total. The van der Waals surface area contributed by atoms with Gasteiger partial charge in [0.05, 0.1) is 0 Å². The van der Waals surface area contributed by atoms with Crippen LogP contribution in [-0.4, -0.2) is 26.5 Å². The van der Waals surface area contributed by atoms with Crippen molar-refractivity contribution in [1.82, 2.24) is 19.9 Å². The molecule has 0 saturated heterocycles. The van der Waals surface area contributed by atoms with Gasteiger partial charge in [0.2, 0.25) is 11.7 Å². The summed E-state index contributed by atoms with van der Waals surface area (Å²) in [7, 11) is 1.87. The van der Waals surface area contributed by atoms with Gasteiger partial charge in [0, 0.05) is 25.7 Å². The van der Waals surface area contributed by atoms with Crippen molar-refractivity contribution in [3.05, 3.63) is 17.7 Å². The molecule has 6 nitrogen and oxygen atoms in total. The predicted octanol–water partition coefficient (Wildman–Crippen LogP) is 0.280. The van der Waals surface area contributed by atoms with Gasteiger partial charge < -0.3 is 10.3 Å². The Bertz CT molecular complexity index is 439. The van der Waals surface area contributed by atoms with E-state index in [2.05, 4.69) is 15.2 Å². The van der Waals surface area contributed by atoms with Crippen LogP contribution in [0.5, 0.6) is 0 Å². The summed E-state index contributed by atoms with van der Waals surface area (Å²) in [5.41, 5.74) is 7.16. The minimum atomic E-state index is 0.503. The molecule has 0 atom stereocenters. The first-order valence-corrected chi connectivity index (χ1v) is 4.74. The molecule has 0 aromatic carbocycles. The summed E-state index contributed by atoms with van der Waals surface area (Å²) in [5, 5.41) is 8.10. The molecular formula is C9H13N5O. The van der Waals surface area contributed by atoms with Crippen LogP contribution in [0.1, 0.15) is 11.6 Å². The van der Waals surface area contributed by atoms with Crippen LogP contribution in [0.2, 0.25) is 0 Å². The van der Waals surface area contributed by atoms with Gasteiger partial charge in [-0.3, -0.25) is 4.68 Å². The lowest BCUT2D eigenvalue weighted by molar-refractivity contribution is 0.380. The maximum atomic E-state index is 5.39. The highest BCUT2D eigenvalue weighted by Gasteiger charge is 2.11. The first kappa shape index (κ1) is 9.85. The topological polar surface area (TPSA) is 82.8 Å². The third-order valence-corrected chi connectivity index (χ3v) is 2.17. The van der Waals surface area contributed by atoms with E-state index in [0.29, 0.717) is 24.7 Å². The maximum Gasteiger partial charge on any atom is 0.228 e. The third-order valence-electron chi connectivity index (χ3n) is 2.17. The summed E-state index contributed by atoms with van der Waals surface area (Å²) in [5.74, 6) is 1.07. The van der Waals surface area contributed by atoms with E-state index in [0.717, 1.165) is 11.4 Å². The van der Waals surface area contributed by atoms with Crippen molar-refractivity contribution in [3.8, 4) is 11.5 Å². The minimum absolute atomic E-state index is 0.503. The Labute approximate surface area is 87.1 Å². The van der Waals surface area contributed by atoms with Gasteiger partial charge in [-0.1, -0.05) is 5.16 Å². The van der Waals surface area contributed by atoms with Crippen molar-refractivity contribution in [2.45, 2.75) is 13.3 Å². The molecule has 0 amide bonds. The van der Waals surface area contributed by atoms with Gasteiger partial charge in [-0.05, 0) is 13.0 Å². The summed E-state index contributed by atoms with van der Waals surface area (Å²) >= 11 is 0. The number of rotatable bonds is 3. The number of aryl methyl sites for hydroxylation is 2. The first-order chi connectivity index (χ1) is 7.20. The van der Waals surface area contributed by atoms with Crippen molar-refractivity contribution in [2.75, 3.05) is 6.54 Å². The monoisotopic (exact) mass is 207 g/mol. The second-order valence-electron chi connectivity index (χ2n) is 3.34. The zero-order valence-electron chi connectivity index (χ0n) is 8.77. The van der Waals surface area contributed by atoms with E-state index < -0.39 is 0 Å². The normalized spacial score (nSPS) is 10.9. The van der Waals surface area contributed by atoms with Crippen molar-refractivity contribution in [2.24, 2.45) is 12.8 Å². The average Bonchev–Trinajstić information content (AvgIpc) is 2.76. The Morgan fingerprint density at radius 1 is 1.53 bits per heavy atom. The number of nitrogens with zero attached hydrogens (tertiary/aromatic N) is 4. The second kappa shape index (κ2) is 3.82. The molecule has 2 aromatic rings. The zero-order valence-corrected chi connectivity index (χ0v) is 8.77. The van der Waals surface area contributed by atoms with E-state index in [1.807, 2.05) is 20.0 Å². The number of aromatic nitrogens is 4. The molecule has 2 heterocycles. The van der Waals surface area contributed by atoms with Gasteiger partial charge in [-0.15, -0.1) is 0 Å². The molecule has 80 valence electrons. The number of hydrogen-bond acceptors (Lipinski definition) is 5. The highest BCUT2D eigenvalue weighted by Crippen LogP contribution is 2.14. The molecule has 0 aliphatic carbocycles. The average molecular weight is 207 g/mol. The predicted molar refractivity (Wildman–Crippen MR) is 54.0 cm³/mol. The smallest absolute Gasteiger partial charge is 0.228 e. The molecule has 0 bridgehead atoms. The molecule has 0 radical (unpaired) electrons. The van der Waals surface area contributed by atoms with Crippen LogP contribution in [0.15, 0.2) is 10.6 Å². The summed E-state index contributed by atoms with van der Waals surface area (Å²) in [6.07, 6.45) is 0.596. The zero-order chi connectivity index (χ0) is 10.8. The summed E-state index contributed by atoms with van der Waals surface area (Å²) < 4.78 is 6.79. The summed E-state index contributed by atoms with van der Waals surface area (Å²) in [6.45, 7) is 2.47. The Kier molecular flexibility index (Phi) is 2.51. The van der Waals surface area contributed by atoms with Crippen LogP contribution in [0.25, 0.3) is 11.5 Å². The minimum Gasteiger partial charge on any atom is -0.339 e. The van der Waals surface area contributed by atoms with E-state index in [9.17, 15) is 0 Å². The van der Waals surface area contributed by atoms with Gasteiger partial charge in [0.25, 0.3) is 0 Å². The van der Waals surface area contributed by atoms with Gasteiger partial charge in [0.1, 0.15) is 5.69 Å². The molecule has 15 heavy (non-hydrogen) atoms. The molecule has 0 aliphatic heterocycles. The van der Waals surface area contributed by atoms with Crippen LogP contribution < -0.4 is 5.73 Å². The second-order valence-corrected chi connectivity index (χ2v) is 3.34. The molecule has 2 rings (SSSR count). The fourth-order valence-corrected chi connectivity index (χ4v) is 1.25. The van der Waals surface area contributed by atoms with E-state index >= 15 is 0 Å². The van der Waals surface area contributed by atoms with Crippen molar-refractivity contribution in [1.29, 1.82) is 0 Å². The quantitative estimate of drug-likeness (QED) is 0.781. The fraction of sp³-hybridized carbons (Fsp3) is 0.444. The highest BCUT2D eigenvalue weighted by atomic mass is 16.5. The molecular weight excluding hydrogens is 194 g/mol. The van der Waals surface area contributed by atoms with Gasteiger partial charge in [-0.2, -0.15) is 10.1 Å². The van der Waals surface area contributed by atoms with E-state index in [1.165, 1.54) is 0 Å². The van der Waals surface area contributed by atoms with Crippen molar-refractivity contribution >= 4 is 0 Å². The fourth-order valence-electron chi connectivity index (χ4n) is 1.25. The number of nitrogens with two attached hydrogens (primary N) is 1. The van der Waals surface area contributed by atoms with Crippen molar-refractivity contribution in [3.63, 3.8) is 0 Å². The third kappa shape index (κ3) is 1.89. The van der Waals surface area contributed by atoms with Gasteiger partial charge in [0.15, 0.2) is 0 Å². The van der Waals surface area contributed by atoms with E-state index in [-0.39, 0.29) is 0 Å². The Balaban J connectivity index is 2.28. The lowest BCUT2D eigenvalue weighted by atomic mass is 10.3. The first-order valence-electron chi connectivity index (χ1n) is 4.74.